The minimum absolute atomic E-state index is 0.0911. The highest BCUT2D eigenvalue weighted by Gasteiger charge is 2.14. The fourth-order valence-corrected chi connectivity index (χ4v) is 2.18. The van der Waals surface area contributed by atoms with Gasteiger partial charge >= 0.3 is 0 Å². The molecule has 19 heavy (non-hydrogen) atoms. The molecule has 4 heteroatoms. The maximum absolute atomic E-state index is 6.28. The predicted molar refractivity (Wildman–Crippen MR) is 76.9 cm³/mol. The Hall–Kier alpha value is -1.68. The Labute approximate surface area is 114 Å². The molecule has 102 valence electrons. The van der Waals surface area contributed by atoms with E-state index in [1.807, 2.05) is 23.0 Å². The third kappa shape index (κ3) is 3.20. The van der Waals surface area contributed by atoms with Gasteiger partial charge in [-0.3, -0.25) is 9.67 Å². The monoisotopic (exact) mass is 258 g/mol. The zero-order valence-corrected chi connectivity index (χ0v) is 11.9. The van der Waals surface area contributed by atoms with E-state index in [2.05, 4.69) is 36.9 Å². The van der Waals surface area contributed by atoms with Crippen LogP contribution >= 0.6 is 0 Å². The van der Waals surface area contributed by atoms with Crippen molar-refractivity contribution in [3.05, 3.63) is 47.5 Å². The number of nitrogens with zero attached hydrogens (tertiary/aromatic N) is 3. The molecule has 0 amide bonds. The van der Waals surface area contributed by atoms with Gasteiger partial charge in [0.2, 0.25) is 0 Å². The lowest BCUT2D eigenvalue weighted by molar-refractivity contribution is 0.522. The van der Waals surface area contributed by atoms with Gasteiger partial charge < -0.3 is 5.73 Å². The minimum Gasteiger partial charge on any atom is -0.322 e. The molecule has 0 aliphatic rings. The number of aryl methyl sites for hydroxylation is 1. The van der Waals surface area contributed by atoms with Crippen LogP contribution in [0.4, 0.5) is 0 Å². The number of pyridine rings is 1. The number of aromatic nitrogens is 3. The van der Waals surface area contributed by atoms with Crippen LogP contribution in [-0.4, -0.2) is 14.8 Å². The zero-order valence-electron chi connectivity index (χ0n) is 11.9. The van der Waals surface area contributed by atoms with Crippen LogP contribution < -0.4 is 5.73 Å². The van der Waals surface area contributed by atoms with Crippen molar-refractivity contribution >= 4 is 0 Å². The van der Waals surface area contributed by atoms with Gasteiger partial charge in [0.25, 0.3) is 0 Å². The van der Waals surface area contributed by atoms with Crippen LogP contribution in [0.2, 0.25) is 0 Å². The Bertz CT molecular complexity index is 530. The summed E-state index contributed by atoms with van der Waals surface area (Å²) in [6, 6.07) is 6.38. The highest BCUT2D eigenvalue weighted by Crippen LogP contribution is 2.18. The van der Waals surface area contributed by atoms with Crippen molar-refractivity contribution in [1.29, 1.82) is 0 Å². The standard InChI is InChI=1S/C15H22N4/c1-4-12-6-5-8-17-15(12)14(16)10-13-7-9-19(18-13)11(2)3/h5-9,11,14H,4,10,16H2,1-3H3. The molecule has 2 N–H and O–H groups in total. The molecule has 0 radical (unpaired) electrons. The lowest BCUT2D eigenvalue weighted by Crippen LogP contribution is -2.17. The third-order valence-electron chi connectivity index (χ3n) is 3.28. The Morgan fingerprint density at radius 2 is 2.11 bits per heavy atom. The molecule has 0 fully saturated rings. The van der Waals surface area contributed by atoms with Crippen molar-refractivity contribution in [1.82, 2.24) is 14.8 Å². The molecule has 2 aromatic rings. The molecule has 0 aromatic carbocycles. The van der Waals surface area contributed by atoms with Crippen molar-refractivity contribution in [2.24, 2.45) is 5.73 Å². The summed E-state index contributed by atoms with van der Waals surface area (Å²) >= 11 is 0. The Kier molecular flexibility index (Phi) is 4.32. The van der Waals surface area contributed by atoms with Gasteiger partial charge in [-0.05, 0) is 38.0 Å². The summed E-state index contributed by atoms with van der Waals surface area (Å²) in [7, 11) is 0. The van der Waals surface area contributed by atoms with Crippen LogP contribution in [0.15, 0.2) is 30.6 Å². The average Bonchev–Trinajstić information content (AvgIpc) is 2.87. The lowest BCUT2D eigenvalue weighted by atomic mass is 10.0. The number of hydrogen-bond donors (Lipinski definition) is 1. The van der Waals surface area contributed by atoms with Gasteiger partial charge in [0.15, 0.2) is 0 Å². The molecular weight excluding hydrogens is 236 g/mol. The van der Waals surface area contributed by atoms with E-state index in [-0.39, 0.29) is 6.04 Å². The molecule has 0 aliphatic carbocycles. The fourth-order valence-electron chi connectivity index (χ4n) is 2.18. The fraction of sp³-hybridized carbons (Fsp3) is 0.467. The molecule has 2 heterocycles. The van der Waals surface area contributed by atoms with Crippen LogP contribution in [0.5, 0.6) is 0 Å². The van der Waals surface area contributed by atoms with Crippen molar-refractivity contribution in [3.63, 3.8) is 0 Å². The summed E-state index contributed by atoms with van der Waals surface area (Å²) in [5.41, 5.74) is 9.51. The van der Waals surface area contributed by atoms with Gasteiger partial charge in [-0.15, -0.1) is 0 Å². The predicted octanol–water partition coefficient (Wildman–Crippen LogP) is 2.66. The Morgan fingerprint density at radius 3 is 2.74 bits per heavy atom. The van der Waals surface area contributed by atoms with E-state index in [4.69, 9.17) is 5.73 Å². The van der Waals surface area contributed by atoms with E-state index in [9.17, 15) is 0 Å². The second kappa shape index (κ2) is 5.97. The second-order valence-electron chi connectivity index (χ2n) is 5.09. The first-order valence-electron chi connectivity index (χ1n) is 6.85. The normalized spacial score (nSPS) is 12.9. The first-order chi connectivity index (χ1) is 9.11. The Morgan fingerprint density at radius 1 is 1.32 bits per heavy atom. The van der Waals surface area contributed by atoms with Crippen LogP contribution in [0.1, 0.15) is 49.8 Å². The van der Waals surface area contributed by atoms with E-state index in [1.54, 1.807) is 6.20 Å². The molecule has 1 atom stereocenters. The van der Waals surface area contributed by atoms with E-state index in [0.29, 0.717) is 6.04 Å². The van der Waals surface area contributed by atoms with Gasteiger partial charge in [-0.2, -0.15) is 5.10 Å². The maximum Gasteiger partial charge on any atom is 0.0644 e. The highest BCUT2D eigenvalue weighted by molar-refractivity contribution is 5.23. The van der Waals surface area contributed by atoms with Crippen molar-refractivity contribution in [2.45, 2.75) is 45.7 Å². The molecular formula is C15H22N4. The molecule has 2 rings (SSSR count). The van der Waals surface area contributed by atoms with Gasteiger partial charge in [0.1, 0.15) is 0 Å². The molecule has 1 unspecified atom stereocenters. The molecule has 0 bridgehead atoms. The summed E-state index contributed by atoms with van der Waals surface area (Å²) in [5.74, 6) is 0. The summed E-state index contributed by atoms with van der Waals surface area (Å²) in [5, 5.41) is 4.54. The first-order valence-corrected chi connectivity index (χ1v) is 6.85. The quantitative estimate of drug-likeness (QED) is 0.897. The maximum atomic E-state index is 6.28. The topological polar surface area (TPSA) is 56.7 Å². The van der Waals surface area contributed by atoms with Crippen LogP contribution in [0.3, 0.4) is 0 Å². The summed E-state index contributed by atoms with van der Waals surface area (Å²) < 4.78 is 1.96. The lowest BCUT2D eigenvalue weighted by Gasteiger charge is -2.13. The summed E-state index contributed by atoms with van der Waals surface area (Å²) in [6.45, 7) is 6.36. The number of nitrogens with two attached hydrogens (primary N) is 1. The van der Waals surface area contributed by atoms with E-state index in [0.717, 1.165) is 24.2 Å². The Balaban J connectivity index is 2.13. The molecule has 0 aliphatic heterocycles. The minimum atomic E-state index is -0.0911. The summed E-state index contributed by atoms with van der Waals surface area (Å²) in [4.78, 5) is 4.43. The molecule has 2 aromatic heterocycles. The molecule has 0 saturated heterocycles. The third-order valence-corrected chi connectivity index (χ3v) is 3.28. The van der Waals surface area contributed by atoms with Crippen LogP contribution in [0.25, 0.3) is 0 Å². The van der Waals surface area contributed by atoms with Crippen LogP contribution in [-0.2, 0) is 12.8 Å². The molecule has 4 nitrogen and oxygen atoms in total. The smallest absolute Gasteiger partial charge is 0.0644 e. The van der Waals surface area contributed by atoms with Crippen LogP contribution in [0, 0.1) is 0 Å². The SMILES string of the molecule is CCc1cccnc1C(N)Cc1ccn(C(C)C)n1. The second-order valence-corrected chi connectivity index (χ2v) is 5.09. The van der Waals surface area contributed by atoms with Gasteiger partial charge in [0, 0.05) is 24.9 Å². The van der Waals surface area contributed by atoms with Crippen molar-refractivity contribution in [3.8, 4) is 0 Å². The summed E-state index contributed by atoms with van der Waals surface area (Å²) in [6.07, 6.45) is 5.49. The average molecular weight is 258 g/mol. The van der Waals surface area contributed by atoms with Crippen molar-refractivity contribution in [2.75, 3.05) is 0 Å². The van der Waals surface area contributed by atoms with Gasteiger partial charge in [-0.1, -0.05) is 13.0 Å². The molecule has 0 saturated carbocycles. The van der Waals surface area contributed by atoms with E-state index < -0.39 is 0 Å². The number of rotatable bonds is 5. The first kappa shape index (κ1) is 13.7. The zero-order chi connectivity index (χ0) is 13.8. The van der Waals surface area contributed by atoms with Gasteiger partial charge in [-0.25, -0.2) is 0 Å². The van der Waals surface area contributed by atoms with Gasteiger partial charge in [0.05, 0.1) is 17.4 Å². The van der Waals surface area contributed by atoms with E-state index >= 15 is 0 Å². The highest BCUT2D eigenvalue weighted by atomic mass is 15.3. The number of hydrogen-bond acceptors (Lipinski definition) is 3. The molecule has 0 spiro atoms. The van der Waals surface area contributed by atoms with E-state index in [1.165, 1.54) is 5.56 Å². The van der Waals surface area contributed by atoms with Crippen molar-refractivity contribution < 1.29 is 0 Å². The largest absolute Gasteiger partial charge is 0.322 e.